The Morgan fingerprint density at radius 2 is 1.92 bits per heavy atom. The van der Waals surface area contributed by atoms with Crippen LogP contribution in [0.1, 0.15) is 44.2 Å². The van der Waals surface area contributed by atoms with E-state index >= 15 is 0 Å². The third-order valence-corrected chi connectivity index (χ3v) is 2.28. The van der Waals surface area contributed by atoms with E-state index in [2.05, 4.69) is 38.1 Å². The van der Waals surface area contributed by atoms with Crippen molar-refractivity contribution < 1.29 is 0 Å². The molecule has 0 heteroatoms. The molecule has 0 amide bonds. The van der Waals surface area contributed by atoms with Gasteiger partial charge in [-0.1, -0.05) is 44.9 Å². The maximum absolute atomic E-state index is 3.36. The number of benzene rings is 1. The molecule has 0 aromatic heterocycles. The van der Waals surface area contributed by atoms with Crippen LogP contribution in [-0.4, -0.2) is 0 Å². The third kappa shape index (κ3) is 3.63. The van der Waals surface area contributed by atoms with Crippen LogP contribution in [0.4, 0.5) is 0 Å². The van der Waals surface area contributed by atoms with Crippen molar-refractivity contribution in [2.24, 2.45) is 0 Å². The Hall–Kier alpha value is -0.780. The summed E-state index contributed by atoms with van der Waals surface area (Å²) in [4.78, 5) is 0. The van der Waals surface area contributed by atoms with Crippen molar-refractivity contribution in [1.82, 2.24) is 0 Å². The van der Waals surface area contributed by atoms with Gasteiger partial charge in [0, 0.05) is 0 Å². The van der Waals surface area contributed by atoms with Gasteiger partial charge in [0.15, 0.2) is 0 Å². The molecule has 0 aliphatic heterocycles. The minimum Gasteiger partial charge on any atom is -0.0654 e. The summed E-state index contributed by atoms with van der Waals surface area (Å²) in [6.07, 6.45) is 6.14. The lowest BCUT2D eigenvalue weighted by Gasteiger charge is -2.01. The van der Waals surface area contributed by atoms with Gasteiger partial charge < -0.3 is 0 Å². The molecule has 0 aliphatic rings. The van der Waals surface area contributed by atoms with E-state index in [1.54, 1.807) is 0 Å². The standard InChI is InChI=1S/C13H19/c1-3-5-7-13-10-8-12(6-4-2)9-11-13/h8-10H,3-7H2,1-2H3. The Morgan fingerprint density at radius 3 is 2.46 bits per heavy atom. The van der Waals surface area contributed by atoms with Crippen molar-refractivity contribution in [1.29, 1.82) is 0 Å². The molecule has 0 atom stereocenters. The predicted octanol–water partition coefficient (Wildman–Crippen LogP) is 3.78. The number of hydrogen-bond donors (Lipinski definition) is 0. The molecule has 1 aromatic rings. The van der Waals surface area contributed by atoms with Crippen molar-refractivity contribution in [3.8, 4) is 0 Å². The van der Waals surface area contributed by atoms with Gasteiger partial charge in [-0.05, 0) is 36.5 Å². The summed E-state index contributed by atoms with van der Waals surface area (Å²) in [6, 6.07) is 9.97. The zero-order chi connectivity index (χ0) is 9.52. The average molecular weight is 175 g/mol. The van der Waals surface area contributed by atoms with E-state index in [1.165, 1.54) is 43.2 Å². The van der Waals surface area contributed by atoms with Crippen LogP contribution in [0.3, 0.4) is 0 Å². The molecule has 13 heavy (non-hydrogen) atoms. The van der Waals surface area contributed by atoms with Crippen molar-refractivity contribution in [2.75, 3.05) is 0 Å². The second kappa shape index (κ2) is 5.80. The Balaban J connectivity index is 2.48. The third-order valence-electron chi connectivity index (χ3n) is 2.28. The number of unbranched alkanes of at least 4 members (excludes halogenated alkanes) is 1. The van der Waals surface area contributed by atoms with Gasteiger partial charge in [0.2, 0.25) is 0 Å². The number of hydrogen-bond acceptors (Lipinski definition) is 0. The molecule has 1 radical (unpaired) electrons. The largest absolute Gasteiger partial charge is 0.0654 e. The van der Waals surface area contributed by atoms with Crippen LogP contribution in [-0.2, 0) is 12.8 Å². The summed E-state index contributed by atoms with van der Waals surface area (Å²) in [5.74, 6) is 0. The molecular formula is C13H19. The molecule has 0 N–H and O–H groups in total. The molecule has 0 bridgehead atoms. The zero-order valence-electron chi connectivity index (χ0n) is 8.77. The Labute approximate surface area is 82.0 Å². The van der Waals surface area contributed by atoms with Gasteiger partial charge in [-0.15, -0.1) is 0 Å². The van der Waals surface area contributed by atoms with E-state index in [1.807, 2.05) is 0 Å². The smallest absolute Gasteiger partial charge is 0.0146 e. The maximum atomic E-state index is 3.36. The highest BCUT2D eigenvalue weighted by Crippen LogP contribution is 2.08. The Bertz CT molecular complexity index is 220. The minimum absolute atomic E-state index is 1.18. The van der Waals surface area contributed by atoms with Gasteiger partial charge in [-0.3, -0.25) is 0 Å². The highest BCUT2D eigenvalue weighted by Gasteiger charge is 1.93. The first-order chi connectivity index (χ1) is 6.36. The topological polar surface area (TPSA) is 0 Å². The Morgan fingerprint density at radius 1 is 1.08 bits per heavy atom. The van der Waals surface area contributed by atoms with Crippen LogP contribution in [0.25, 0.3) is 0 Å². The molecule has 71 valence electrons. The van der Waals surface area contributed by atoms with E-state index in [4.69, 9.17) is 0 Å². The van der Waals surface area contributed by atoms with Crippen molar-refractivity contribution >= 4 is 0 Å². The molecular weight excluding hydrogens is 156 g/mol. The first-order valence-electron chi connectivity index (χ1n) is 5.36. The lowest BCUT2D eigenvalue weighted by Crippen LogP contribution is -1.87. The van der Waals surface area contributed by atoms with Crippen molar-refractivity contribution in [2.45, 2.75) is 46.0 Å². The van der Waals surface area contributed by atoms with Gasteiger partial charge in [0.05, 0.1) is 0 Å². The quantitative estimate of drug-likeness (QED) is 0.639. The van der Waals surface area contributed by atoms with Crippen LogP contribution in [0.2, 0.25) is 0 Å². The van der Waals surface area contributed by atoms with Gasteiger partial charge in [-0.25, -0.2) is 0 Å². The fourth-order valence-corrected chi connectivity index (χ4v) is 1.46. The fourth-order valence-electron chi connectivity index (χ4n) is 1.46. The van der Waals surface area contributed by atoms with E-state index in [-0.39, 0.29) is 0 Å². The Kier molecular flexibility index (Phi) is 4.59. The van der Waals surface area contributed by atoms with Crippen LogP contribution < -0.4 is 0 Å². The molecule has 0 fully saturated rings. The molecule has 0 unspecified atom stereocenters. The molecule has 1 aromatic carbocycles. The van der Waals surface area contributed by atoms with Gasteiger partial charge >= 0.3 is 0 Å². The van der Waals surface area contributed by atoms with Crippen LogP contribution in [0, 0.1) is 6.07 Å². The molecule has 0 saturated heterocycles. The van der Waals surface area contributed by atoms with E-state index in [0.717, 1.165) is 0 Å². The maximum Gasteiger partial charge on any atom is -0.0146 e. The first kappa shape index (κ1) is 10.3. The second-order valence-corrected chi connectivity index (χ2v) is 3.58. The van der Waals surface area contributed by atoms with Crippen molar-refractivity contribution in [3.63, 3.8) is 0 Å². The van der Waals surface area contributed by atoms with Crippen LogP contribution >= 0.6 is 0 Å². The molecule has 0 heterocycles. The average Bonchev–Trinajstić information content (AvgIpc) is 2.17. The van der Waals surface area contributed by atoms with Crippen molar-refractivity contribution in [3.05, 3.63) is 35.4 Å². The normalized spacial score (nSPS) is 10.3. The second-order valence-electron chi connectivity index (χ2n) is 3.58. The summed E-state index contributed by atoms with van der Waals surface area (Å²) in [5, 5.41) is 0. The summed E-state index contributed by atoms with van der Waals surface area (Å²) in [7, 11) is 0. The van der Waals surface area contributed by atoms with E-state index in [9.17, 15) is 0 Å². The van der Waals surface area contributed by atoms with Gasteiger partial charge in [0.25, 0.3) is 0 Å². The molecule has 0 spiro atoms. The summed E-state index contributed by atoms with van der Waals surface area (Å²) in [6.45, 7) is 4.44. The zero-order valence-corrected chi connectivity index (χ0v) is 8.77. The van der Waals surface area contributed by atoms with Gasteiger partial charge in [-0.2, -0.15) is 0 Å². The molecule has 0 saturated carbocycles. The predicted molar refractivity (Wildman–Crippen MR) is 57.9 cm³/mol. The first-order valence-corrected chi connectivity index (χ1v) is 5.36. The number of rotatable bonds is 5. The lowest BCUT2D eigenvalue weighted by atomic mass is 10.0. The molecule has 1 rings (SSSR count). The van der Waals surface area contributed by atoms with Gasteiger partial charge in [0.1, 0.15) is 0 Å². The SMILES string of the molecule is CCCCc1[c]cc(CCC)cc1. The van der Waals surface area contributed by atoms with E-state index in [0.29, 0.717) is 0 Å². The molecule has 0 nitrogen and oxygen atoms in total. The summed E-state index contributed by atoms with van der Waals surface area (Å²) >= 11 is 0. The lowest BCUT2D eigenvalue weighted by molar-refractivity contribution is 0.793. The summed E-state index contributed by atoms with van der Waals surface area (Å²) < 4.78 is 0. The van der Waals surface area contributed by atoms with E-state index < -0.39 is 0 Å². The monoisotopic (exact) mass is 175 g/mol. The number of aryl methyl sites for hydroxylation is 2. The summed E-state index contributed by atoms with van der Waals surface area (Å²) in [5.41, 5.74) is 2.78. The minimum atomic E-state index is 1.18. The highest BCUT2D eigenvalue weighted by atomic mass is 14.0. The van der Waals surface area contributed by atoms with Crippen LogP contribution in [0.15, 0.2) is 18.2 Å². The fraction of sp³-hybridized carbons (Fsp3) is 0.538. The van der Waals surface area contributed by atoms with Crippen LogP contribution in [0.5, 0.6) is 0 Å². The molecule has 0 aliphatic carbocycles. The highest BCUT2D eigenvalue weighted by molar-refractivity contribution is 5.21.